The van der Waals surface area contributed by atoms with E-state index in [1.165, 1.54) is 66.2 Å². The molecule has 16 aromatic rings. The van der Waals surface area contributed by atoms with Crippen LogP contribution in [0.4, 0.5) is 34.1 Å². The van der Waals surface area contributed by atoms with Crippen molar-refractivity contribution in [3.8, 4) is 11.4 Å². The van der Waals surface area contributed by atoms with Crippen molar-refractivity contribution in [3.63, 3.8) is 0 Å². The Kier molecular flexibility index (Phi) is 12.7. The molecule has 4 heterocycles. The van der Waals surface area contributed by atoms with E-state index in [9.17, 15) is 0 Å². The molecule has 0 aliphatic heterocycles. The summed E-state index contributed by atoms with van der Waals surface area (Å²) in [4.78, 5) is 4.76. The van der Waals surface area contributed by atoms with Crippen molar-refractivity contribution in [2.75, 3.05) is 9.80 Å². The van der Waals surface area contributed by atoms with E-state index in [1.807, 2.05) is 0 Å². The van der Waals surface area contributed by atoms with Gasteiger partial charge in [-0.2, -0.15) is 0 Å². The number of benzene rings is 12. The van der Waals surface area contributed by atoms with E-state index in [0.717, 1.165) is 99.8 Å². The van der Waals surface area contributed by atoms with Crippen molar-refractivity contribution < 1.29 is 8.83 Å². The smallest absolute Gasteiger partial charge is 0.143 e. The Morgan fingerprint density at radius 3 is 0.891 bits per heavy atom. The molecular formula is C86H76N4O2. The molecule has 0 aliphatic carbocycles. The molecule has 0 atom stereocenters. The van der Waals surface area contributed by atoms with Crippen molar-refractivity contribution in [2.24, 2.45) is 0 Å². The molecule has 0 bridgehead atoms. The minimum absolute atomic E-state index is 0.0366. The lowest BCUT2D eigenvalue weighted by molar-refractivity contribution is 0.567. The number of furan rings is 2. The van der Waals surface area contributed by atoms with Gasteiger partial charge in [-0.1, -0.05) is 180 Å². The van der Waals surface area contributed by atoms with E-state index >= 15 is 0 Å². The van der Waals surface area contributed by atoms with Crippen molar-refractivity contribution in [1.82, 2.24) is 9.13 Å². The molecule has 452 valence electrons. The van der Waals surface area contributed by atoms with Crippen molar-refractivity contribution in [1.29, 1.82) is 0 Å². The number of para-hydroxylation sites is 4. The molecule has 6 heteroatoms. The van der Waals surface area contributed by atoms with Crippen LogP contribution in [0.3, 0.4) is 0 Å². The Balaban J connectivity index is 0.810. The third-order valence-corrected chi connectivity index (χ3v) is 19.2. The first-order valence-electron chi connectivity index (χ1n) is 32.5. The van der Waals surface area contributed by atoms with E-state index in [-0.39, 0.29) is 21.7 Å². The number of rotatable bonds is 8. The van der Waals surface area contributed by atoms with E-state index < -0.39 is 0 Å². The van der Waals surface area contributed by atoms with Crippen LogP contribution in [0.2, 0.25) is 0 Å². The number of aromatic nitrogens is 2. The van der Waals surface area contributed by atoms with Crippen LogP contribution in [-0.4, -0.2) is 9.13 Å². The highest BCUT2D eigenvalue weighted by molar-refractivity contribution is 6.23. The SMILES string of the molecule is CC(C)(C)c1cc(-n2c3ccccc3c3ccc(N(c4ccccc4)c4ccc5oc6c(ccc7c6ccc6c8cc(N(c9ccccc9)c9ccc%10c%11ccccc%11n(-c%11cc(C(C)(C)C)cc(C(C)(C)C)c%11)c%10c9)ccc8oc67)c5c4)cc32)cc(C(C)(C)C)c1. The molecule has 0 radical (unpaired) electrons. The molecule has 0 aliphatic rings. The molecule has 0 N–H and O–H groups in total. The molecule has 0 saturated carbocycles. The molecule has 0 spiro atoms. The van der Waals surface area contributed by atoms with E-state index in [2.05, 4.69) is 345 Å². The number of anilines is 6. The summed E-state index contributed by atoms with van der Waals surface area (Å²) in [6, 6.07) is 89.6. The maximum atomic E-state index is 6.96. The summed E-state index contributed by atoms with van der Waals surface area (Å²) in [5.74, 6) is 0. The minimum Gasteiger partial charge on any atom is -0.455 e. The maximum Gasteiger partial charge on any atom is 0.143 e. The summed E-state index contributed by atoms with van der Waals surface area (Å²) in [6.07, 6.45) is 0. The predicted molar refractivity (Wildman–Crippen MR) is 391 cm³/mol. The van der Waals surface area contributed by atoms with Gasteiger partial charge in [0.2, 0.25) is 0 Å². The molecule has 0 unspecified atom stereocenters. The van der Waals surface area contributed by atoms with Gasteiger partial charge in [-0.25, -0.2) is 0 Å². The first-order valence-corrected chi connectivity index (χ1v) is 32.5. The van der Waals surface area contributed by atoms with Crippen LogP contribution in [0, 0.1) is 0 Å². The highest BCUT2D eigenvalue weighted by Gasteiger charge is 2.28. The quantitative estimate of drug-likeness (QED) is 0.152. The molecule has 0 saturated heterocycles. The summed E-state index contributed by atoms with van der Waals surface area (Å²) in [7, 11) is 0. The van der Waals surface area contributed by atoms with Crippen molar-refractivity contribution in [2.45, 2.75) is 105 Å². The summed E-state index contributed by atoms with van der Waals surface area (Å²) in [6.45, 7) is 27.8. The van der Waals surface area contributed by atoms with Gasteiger partial charge < -0.3 is 27.8 Å². The molecule has 6 nitrogen and oxygen atoms in total. The van der Waals surface area contributed by atoms with E-state index in [4.69, 9.17) is 8.83 Å². The Morgan fingerprint density at radius 1 is 0.239 bits per heavy atom. The highest BCUT2D eigenvalue weighted by Crippen LogP contribution is 2.48. The average molecular weight is 1200 g/mol. The largest absolute Gasteiger partial charge is 0.455 e. The van der Waals surface area contributed by atoms with Crippen LogP contribution < -0.4 is 9.80 Å². The zero-order chi connectivity index (χ0) is 63.3. The zero-order valence-electron chi connectivity index (χ0n) is 54.7. The van der Waals surface area contributed by atoms with Crippen LogP contribution in [0.1, 0.15) is 105 Å². The predicted octanol–water partition coefficient (Wildman–Crippen LogP) is 25.0. The minimum atomic E-state index is -0.0366. The third kappa shape index (κ3) is 9.36. The van der Waals surface area contributed by atoms with Crippen molar-refractivity contribution >= 4 is 132 Å². The fraction of sp³-hybridized carbons (Fsp3) is 0.186. The van der Waals surface area contributed by atoms with Gasteiger partial charge in [0.05, 0.1) is 22.1 Å². The van der Waals surface area contributed by atoms with Gasteiger partial charge in [0.15, 0.2) is 0 Å². The molecule has 4 aromatic heterocycles. The second kappa shape index (κ2) is 20.6. The van der Waals surface area contributed by atoms with Gasteiger partial charge in [0, 0.05) is 99.4 Å². The fourth-order valence-electron chi connectivity index (χ4n) is 14.1. The number of hydrogen-bond donors (Lipinski definition) is 0. The number of hydrogen-bond acceptors (Lipinski definition) is 4. The van der Waals surface area contributed by atoms with E-state index in [1.54, 1.807) is 0 Å². The summed E-state index contributed by atoms with van der Waals surface area (Å²) in [5.41, 5.74) is 21.8. The lowest BCUT2D eigenvalue weighted by Crippen LogP contribution is -2.17. The van der Waals surface area contributed by atoms with E-state index in [0.29, 0.717) is 0 Å². The third-order valence-electron chi connectivity index (χ3n) is 19.2. The summed E-state index contributed by atoms with van der Waals surface area (Å²) < 4.78 is 18.9. The maximum absolute atomic E-state index is 6.96. The topological polar surface area (TPSA) is 42.6 Å². The second-order valence-electron chi connectivity index (χ2n) is 29.5. The van der Waals surface area contributed by atoms with Crippen molar-refractivity contribution in [3.05, 3.63) is 265 Å². The van der Waals surface area contributed by atoms with Gasteiger partial charge in [-0.15, -0.1) is 0 Å². The van der Waals surface area contributed by atoms with Gasteiger partial charge in [0.25, 0.3) is 0 Å². The van der Waals surface area contributed by atoms with Crippen LogP contribution in [0.25, 0.3) is 110 Å². The molecule has 0 fully saturated rings. The van der Waals surface area contributed by atoms with Crippen LogP contribution >= 0.6 is 0 Å². The standard InChI is InChI=1S/C86H76N4O2/c1-83(2,3)53-43-54(84(4,5)6)46-63(45-53)89-75-29-21-19-27-65(75)67-35-31-61(51-77(67)89)87(57-23-15-13-16-24-57)59-33-41-79-73(49-59)71-39-37-70-69(81(71)91-79)38-40-72-74-50-60(34-42-80(74)92-82(70)72)88(58-25-17-14-18-26-58)62-32-36-68-66-28-20-22-30-76(66)90(78(68)52-62)64-47-55(85(7,8)9)44-56(48-64)86(10,11)12/h13-52H,1-12H3. The second-order valence-corrected chi connectivity index (χ2v) is 29.5. The molecule has 0 amide bonds. The normalized spacial score (nSPS) is 12.8. The van der Waals surface area contributed by atoms with Gasteiger partial charge in [-0.05, 0) is 190 Å². The summed E-state index contributed by atoms with van der Waals surface area (Å²) >= 11 is 0. The summed E-state index contributed by atoms with van der Waals surface area (Å²) in [5, 5.41) is 11.1. The first kappa shape index (κ1) is 56.9. The molecule has 92 heavy (non-hydrogen) atoms. The van der Waals surface area contributed by atoms with Gasteiger partial charge in [-0.3, -0.25) is 0 Å². The highest BCUT2D eigenvalue weighted by atomic mass is 16.3. The Bertz CT molecular complexity index is 5210. The molecular weight excluding hydrogens is 1120 g/mol. The Morgan fingerprint density at radius 2 is 0.533 bits per heavy atom. The number of nitrogens with zero attached hydrogens (tertiary/aromatic N) is 4. The zero-order valence-corrected chi connectivity index (χ0v) is 54.7. The van der Waals surface area contributed by atoms with Crippen LogP contribution in [0.5, 0.6) is 0 Å². The monoisotopic (exact) mass is 1200 g/mol. The fourth-order valence-corrected chi connectivity index (χ4v) is 14.1. The lowest BCUT2D eigenvalue weighted by Gasteiger charge is -2.27. The number of fused-ring (bicyclic) bond motifs is 15. The first-order chi connectivity index (χ1) is 44.1. The average Bonchev–Trinajstić information content (AvgIpc) is 1.58. The van der Waals surface area contributed by atoms with Gasteiger partial charge >= 0.3 is 0 Å². The molecule has 12 aromatic carbocycles. The Hall–Kier alpha value is -10.3. The lowest BCUT2D eigenvalue weighted by atomic mass is 9.80. The van der Waals surface area contributed by atoms with Crippen LogP contribution in [-0.2, 0) is 21.7 Å². The van der Waals surface area contributed by atoms with Crippen LogP contribution in [0.15, 0.2) is 251 Å². The Labute approximate surface area is 538 Å². The van der Waals surface area contributed by atoms with Gasteiger partial charge in [0.1, 0.15) is 22.3 Å². The molecule has 16 rings (SSSR count).